The number of hydrogen-bond acceptors (Lipinski definition) is 2. The second-order valence-electron chi connectivity index (χ2n) is 5.90. The van der Waals surface area contributed by atoms with Gasteiger partial charge in [-0.3, -0.25) is 4.79 Å². The van der Waals surface area contributed by atoms with Gasteiger partial charge < -0.3 is 10.0 Å². The van der Waals surface area contributed by atoms with Crippen LogP contribution >= 0.6 is 0 Å². The number of hydrogen-bond donors (Lipinski definition) is 1. The van der Waals surface area contributed by atoms with Crippen LogP contribution in [0.4, 0.5) is 0 Å². The maximum absolute atomic E-state index is 11.8. The smallest absolute Gasteiger partial charge is 0.223 e. The molecule has 1 atom stereocenters. The van der Waals surface area contributed by atoms with Crippen LogP contribution in [0.3, 0.4) is 0 Å². The predicted octanol–water partition coefficient (Wildman–Crippen LogP) is 1.80. The lowest BCUT2D eigenvalue weighted by Gasteiger charge is -2.37. The molecule has 1 amide bonds. The van der Waals surface area contributed by atoms with Crippen molar-refractivity contribution in [3.05, 3.63) is 0 Å². The molecule has 1 unspecified atom stereocenters. The maximum atomic E-state index is 11.8. The Morgan fingerprint density at radius 2 is 2.06 bits per heavy atom. The highest BCUT2D eigenvalue weighted by Crippen LogP contribution is 2.37. The molecule has 1 saturated heterocycles. The fraction of sp³-hybridized carbons (Fsp3) is 0.923. The Kier molecular flexibility index (Phi) is 3.53. The number of aliphatic hydroxyl groups excluding tert-OH is 1. The molecule has 3 nitrogen and oxygen atoms in total. The van der Waals surface area contributed by atoms with Gasteiger partial charge >= 0.3 is 0 Å². The molecule has 92 valence electrons. The topological polar surface area (TPSA) is 40.5 Å². The maximum Gasteiger partial charge on any atom is 0.223 e. The van der Waals surface area contributed by atoms with Crippen LogP contribution in [0.5, 0.6) is 0 Å². The summed E-state index contributed by atoms with van der Waals surface area (Å²) in [5.74, 6) is 0.422. The Labute approximate surface area is 97.8 Å². The van der Waals surface area contributed by atoms with E-state index in [9.17, 15) is 4.79 Å². The summed E-state index contributed by atoms with van der Waals surface area (Å²) < 4.78 is 0. The molecule has 0 radical (unpaired) electrons. The van der Waals surface area contributed by atoms with Crippen LogP contribution in [0.15, 0.2) is 0 Å². The van der Waals surface area contributed by atoms with Gasteiger partial charge in [-0.2, -0.15) is 0 Å². The molecule has 2 rings (SSSR count). The van der Waals surface area contributed by atoms with Crippen LogP contribution in [0.1, 0.15) is 45.4 Å². The van der Waals surface area contributed by atoms with Crippen LogP contribution in [0, 0.1) is 11.3 Å². The minimum absolute atomic E-state index is 0.152. The minimum atomic E-state index is 0.152. The van der Waals surface area contributed by atoms with E-state index in [2.05, 4.69) is 6.92 Å². The quantitative estimate of drug-likeness (QED) is 0.795. The summed E-state index contributed by atoms with van der Waals surface area (Å²) in [5, 5.41) is 9.09. The second kappa shape index (κ2) is 4.74. The zero-order valence-electron chi connectivity index (χ0n) is 10.2. The van der Waals surface area contributed by atoms with E-state index in [1.807, 2.05) is 4.90 Å². The van der Waals surface area contributed by atoms with Crippen LogP contribution in [-0.2, 0) is 4.79 Å². The zero-order valence-corrected chi connectivity index (χ0v) is 10.2. The first-order chi connectivity index (χ1) is 7.63. The molecule has 1 N–H and O–H groups in total. The fourth-order valence-electron chi connectivity index (χ4n) is 3.15. The summed E-state index contributed by atoms with van der Waals surface area (Å²) in [4.78, 5) is 13.8. The molecule has 0 spiro atoms. The summed E-state index contributed by atoms with van der Waals surface area (Å²) >= 11 is 0. The van der Waals surface area contributed by atoms with Crippen LogP contribution in [0.25, 0.3) is 0 Å². The molecule has 0 aromatic heterocycles. The van der Waals surface area contributed by atoms with E-state index in [-0.39, 0.29) is 18.4 Å². The first kappa shape index (κ1) is 11.9. The van der Waals surface area contributed by atoms with E-state index in [0.717, 1.165) is 13.1 Å². The van der Waals surface area contributed by atoms with Crippen LogP contribution in [0.2, 0.25) is 0 Å². The van der Waals surface area contributed by atoms with Gasteiger partial charge in [0.1, 0.15) is 0 Å². The highest BCUT2D eigenvalue weighted by molar-refractivity contribution is 5.78. The lowest BCUT2D eigenvalue weighted by atomic mass is 9.75. The summed E-state index contributed by atoms with van der Waals surface area (Å²) in [6, 6.07) is 0. The molecule has 0 aromatic rings. The molecule has 2 fully saturated rings. The Morgan fingerprint density at radius 1 is 1.38 bits per heavy atom. The molecule has 16 heavy (non-hydrogen) atoms. The largest absolute Gasteiger partial charge is 0.396 e. The van der Waals surface area contributed by atoms with Crippen molar-refractivity contribution in [3.8, 4) is 0 Å². The Morgan fingerprint density at radius 3 is 2.62 bits per heavy atom. The fourth-order valence-corrected chi connectivity index (χ4v) is 3.15. The molecule has 0 bridgehead atoms. The average Bonchev–Trinajstić information content (AvgIpc) is 2.60. The van der Waals surface area contributed by atoms with Crippen molar-refractivity contribution in [2.45, 2.75) is 45.4 Å². The Bertz CT molecular complexity index is 259. The van der Waals surface area contributed by atoms with Crippen molar-refractivity contribution in [3.63, 3.8) is 0 Å². The SMILES string of the molecule is CC1(CN2CC(CO)CC2=O)CCCCC1. The molecule has 1 aliphatic heterocycles. The third kappa shape index (κ3) is 2.57. The highest BCUT2D eigenvalue weighted by atomic mass is 16.3. The average molecular weight is 225 g/mol. The van der Waals surface area contributed by atoms with Gasteiger partial charge in [-0.25, -0.2) is 0 Å². The van der Waals surface area contributed by atoms with Crippen molar-refractivity contribution in [2.24, 2.45) is 11.3 Å². The number of rotatable bonds is 3. The third-order valence-corrected chi connectivity index (χ3v) is 4.19. The van der Waals surface area contributed by atoms with Gasteiger partial charge in [-0.05, 0) is 18.3 Å². The third-order valence-electron chi connectivity index (χ3n) is 4.19. The van der Waals surface area contributed by atoms with Crippen molar-refractivity contribution in [2.75, 3.05) is 19.7 Å². The molecule has 2 aliphatic rings. The molecular weight excluding hydrogens is 202 g/mol. The highest BCUT2D eigenvalue weighted by Gasteiger charge is 2.35. The lowest BCUT2D eigenvalue weighted by Crippen LogP contribution is -2.38. The second-order valence-corrected chi connectivity index (χ2v) is 5.90. The number of carbonyl (C=O) groups excluding carboxylic acids is 1. The van der Waals surface area contributed by atoms with E-state index < -0.39 is 0 Å². The Hall–Kier alpha value is -0.570. The summed E-state index contributed by atoms with van der Waals surface area (Å²) in [6.07, 6.45) is 7.01. The minimum Gasteiger partial charge on any atom is -0.396 e. The summed E-state index contributed by atoms with van der Waals surface area (Å²) in [7, 11) is 0. The predicted molar refractivity (Wildman–Crippen MR) is 63.0 cm³/mol. The van der Waals surface area contributed by atoms with Crippen LogP contribution in [-0.4, -0.2) is 35.6 Å². The van der Waals surface area contributed by atoms with Gasteiger partial charge in [0, 0.05) is 32.0 Å². The monoisotopic (exact) mass is 225 g/mol. The van der Waals surface area contributed by atoms with Crippen molar-refractivity contribution in [1.29, 1.82) is 0 Å². The first-order valence-electron chi connectivity index (χ1n) is 6.52. The number of carbonyl (C=O) groups is 1. The van der Waals surface area contributed by atoms with E-state index in [0.29, 0.717) is 11.8 Å². The van der Waals surface area contributed by atoms with Gasteiger partial charge in [-0.1, -0.05) is 26.2 Å². The van der Waals surface area contributed by atoms with E-state index >= 15 is 0 Å². The number of aliphatic hydroxyl groups is 1. The molecule has 1 aliphatic carbocycles. The van der Waals surface area contributed by atoms with Gasteiger partial charge in [0.25, 0.3) is 0 Å². The molecule has 3 heteroatoms. The van der Waals surface area contributed by atoms with Crippen molar-refractivity contribution in [1.82, 2.24) is 4.90 Å². The number of amides is 1. The molecule has 1 saturated carbocycles. The summed E-state index contributed by atoms with van der Waals surface area (Å²) in [5.41, 5.74) is 0.332. The first-order valence-corrected chi connectivity index (χ1v) is 6.52. The van der Waals surface area contributed by atoms with Crippen LogP contribution < -0.4 is 0 Å². The molecular formula is C13H23NO2. The van der Waals surface area contributed by atoms with Gasteiger partial charge in [0.05, 0.1) is 0 Å². The van der Waals surface area contributed by atoms with Gasteiger partial charge in [0.2, 0.25) is 5.91 Å². The molecule has 0 aromatic carbocycles. The number of nitrogens with zero attached hydrogens (tertiary/aromatic N) is 1. The zero-order chi connectivity index (χ0) is 11.6. The summed E-state index contributed by atoms with van der Waals surface area (Å²) in [6.45, 7) is 4.14. The number of likely N-dealkylation sites (tertiary alicyclic amines) is 1. The van der Waals surface area contributed by atoms with E-state index in [1.165, 1.54) is 32.1 Å². The van der Waals surface area contributed by atoms with Crippen molar-refractivity contribution >= 4 is 5.91 Å². The van der Waals surface area contributed by atoms with Gasteiger partial charge in [-0.15, -0.1) is 0 Å². The normalized spacial score (nSPS) is 29.8. The van der Waals surface area contributed by atoms with E-state index in [1.54, 1.807) is 0 Å². The van der Waals surface area contributed by atoms with Gasteiger partial charge in [0.15, 0.2) is 0 Å². The molecule has 1 heterocycles. The lowest BCUT2D eigenvalue weighted by molar-refractivity contribution is -0.129. The van der Waals surface area contributed by atoms with Crippen molar-refractivity contribution < 1.29 is 9.90 Å². The Balaban J connectivity index is 1.91. The standard InChI is InChI=1S/C13H23NO2/c1-13(5-3-2-4-6-13)10-14-8-11(9-15)7-12(14)16/h11,15H,2-10H2,1H3. The van der Waals surface area contributed by atoms with E-state index in [4.69, 9.17) is 5.11 Å².